The minimum absolute atomic E-state index is 0.175. The Kier molecular flexibility index (Phi) is 5.64. The SMILES string of the molecule is CSc1ccc(C(C)NCc2cc(Br)ccc2F)cc1. The molecule has 2 aromatic carbocycles. The van der Waals surface area contributed by atoms with E-state index >= 15 is 0 Å². The molecule has 2 rings (SSSR count). The molecule has 1 N–H and O–H groups in total. The van der Waals surface area contributed by atoms with Gasteiger partial charge in [-0.05, 0) is 49.1 Å². The van der Waals surface area contributed by atoms with E-state index in [0.29, 0.717) is 12.1 Å². The lowest BCUT2D eigenvalue weighted by Gasteiger charge is -2.15. The van der Waals surface area contributed by atoms with Crippen molar-refractivity contribution in [1.29, 1.82) is 0 Å². The highest BCUT2D eigenvalue weighted by atomic mass is 79.9. The zero-order valence-corrected chi connectivity index (χ0v) is 13.9. The monoisotopic (exact) mass is 353 g/mol. The Hall–Kier alpha value is -0.840. The molecule has 1 atom stereocenters. The predicted molar refractivity (Wildman–Crippen MR) is 87.6 cm³/mol. The highest BCUT2D eigenvalue weighted by Gasteiger charge is 2.07. The van der Waals surface area contributed by atoms with E-state index in [1.165, 1.54) is 16.5 Å². The molecule has 1 nitrogen and oxygen atoms in total. The number of thioether (sulfide) groups is 1. The summed E-state index contributed by atoms with van der Waals surface area (Å²) in [6, 6.07) is 13.6. The van der Waals surface area contributed by atoms with Crippen LogP contribution in [0.4, 0.5) is 4.39 Å². The molecule has 0 aliphatic rings. The summed E-state index contributed by atoms with van der Waals surface area (Å²) in [6.45, 7) is 2.60. The van der Waals surface area contributed by atoms with Crippen LogP contribution in [-0.4, -0.2) is 6.26 Å². The Balaban J connectivity index is 2.00. The second-order valence-corrected chi connectivity index (χ2v) is 6.41. The van der Waals surface area contributed by atoms with E-state index in [2.05, 4.69) is 58.7 Å². The van der Waals surface area contributed by atoms with Crippen LogP contribution in [0, 0.1) is 5.82 Å². The number of hydrogen-bond donors (Lipinski definition) is 1. The van der Waals surface area contributed by atoms with E-state index in [4.69, 9.17) is 0 Å². The summed E-state index contributed by atoms with van der Waals surface area (Å²) in [5.41, 5.74) is 1.88. The molecule has 0 saturated carbocycles. The molecule has 0 aliphatic carbocycles. The minimum Gasteiger partial charge on any atom is -0.306 e. The van der Waals surface area contributed by atoms with E-state index in [1.54, 1.807) is 17.8 Å². The lowest BCUT2D eigenvalue weighted by atomic mass is 10.1. The summed E-state index contributed by atoms with van der Waals surface area (Å²) in [6.07, 6.45) is 2.06. The maximum atomic E-state index is 13.7. The van der Waals surface area contributed by atoms with E-state index in [-0.39, 0.29) is 11.9 Å². The fraction of sp³-hybridized carbons (Fsp3) is 0.250. The van der Waals surface area contributed by atoms with Gasteiger partial charge in [-0.15, -0.1) is 11.8 Å². The van der Waals surface area contributed by atoms with Gasteiger partial charge in [-0.2, -0.15) is 0 Å². The van der Waals surface area contributed by atoms with Gasteiger partial charge in [0.15, 0.2) is 0 Å². The number of halogens is 2. The van der Waals surface area contributed by atoms with Crippen LogP contribution in [0.3, 0.4) is 0 Å². The molecule has 4 heteroatoms. The van der Waals surface area contributed by atoms with Crippen LogP contribution in [0.1, 0.15) is 24.1 Å². The quantitative estimate of drug-likeness (QED) is 0.745. The fourth-order valence-corrected chi connectivity index (χ4v) is 2.77. The van der Waals surface area contributed by atoms with Gasteiger partial charge >= 0.3 is 0 Å². The predicted octanol–water partition coefficient (Wildman–Crippen LogP) is 5.16. The van der Waals surface area contributed by atoms with Gasteiger partial charge in [-0.3, -0.25) is 0 Å². The fourth-order valence-electron chi connectivity index (χ4n) is 1.95. The van der Waals surface area contributed by atoms with Crippen molar-refractivity contribution in [3.05, 3.63) is 63.9 Å². The summed E-state index contributed by atoms with van der Waals surface area (Å²) in [5.74, 6) is -0.175. The van der Waals surface area contributed by atoms with Crippen LogP contribution in [0.2, 0.25) is 0 Å². The molecule has 0 fully saturated rings. The summed E-state index contributed by atoms with van der Waals surface area (Å²) in [7, 11) is 0. The molecule has 106 valence electrons. The molecule has 1 unspecified atom stereocenters. The standard InChI is InChI=1S/C16H17BrFNS/c1-11(12-3-6-15(20-2)7-4-12)19-10-13-9-14(17)5-8-16(13)18/h3-9,11,19H,10H2,1-2H3. The Morgan fingerprint density at radius 2 is 1.90 bits per heavy atom. The van der Waals surface area contributed by atoms with Crippen molar-refractivity contribution in [3.63, 3.8) is 0 Å². The van der Waals surface area contributed by atoms with Crippen LogP contribution in [-0.2, 0) is 6.54 Å². The Morgan fingerprint density at radius 3 is 2.55 bits per heavy atom. The van der Waals surface area contributed by atoms with Crippen molar-refractivity contribution < 1.29 is 4.39 Å². The zero-order valence-electron chi connectivity index (χ0n) is 11.5. The lowest BCUT2D eigenvalue weighted by Crippen LogP contribution is -2.18. The van der Waals surface area contributed by atoms with Gasteiger partial charge in [-0.25, -0.2) is 4.39 Å². The van der Waals surface area contributed by atoms with Gasteiger partial charge in [0, 0.05) is 27.5 Å². The smallest absolute Gasteiger partial charge is 0.127 e. The molecule has 0 radical (unpaired) electrons. The third kappa shape index (κ3) is 4.08. The number of nitrogens with one attached hydrogen (secondary N) is 1. The first kappa shape index (κ1) is 15.5. The van der Waals surface area contributed by atoms with Crippen molar-refractivity contribution in [2.24, 2.45) is 0 Å². The molecular weight excluding hydrogens is 337 g/mol. The first-order valence-electron chi connectivity index (χ1n) is 6.41. The van der Waals surface area contributed by atoms with Crippen molar-refractivity contribution >= 4 is 27.7 Å². The Labute approximate surface area is 132 Å². The second kappa shape index (κ2) is 7.25. The normalized spacial score (nSPS) is 12.4. The van der Waals surface area contributed by atoms with Crippen LogP contribution in [0.5, 0.6) is 0 Å². The molecule has 20 heavy (non-hydrogen) atoms. The largest absolute Gasteiger partial charge is 0.306 e. The van der Waals surface area contributed by atoms with Crippen molar-refractivity contribution in [2.75, 3.05) is 6.26 Å². The highest BCUT2D eigenvalue weighted by molar-refractivity contribution is 9.10. The van der Waals surface area contributed by atoms with Crippen LogP contribution in [0.15, 0.2) is 51.8 Å². The summed E-state index contributed by atoms with van der Waals surface area (Å²) < 4.78 is 14.6. The maximum absolute atomic E-state index is 13.7. The molecule has 0 saturated heterocycles. The number of hydrogen-bond acceptors (Lipinski definition) is 2. The Bertz CT molecular complexity index is 571. The van der Waals surface area contributed by atoms with Crippen LogP contribution >= 0.6 is 27.7 Å². The van der Waals surface area contributed by atoms with Crippen LogP contribution < -0.4 is 5.32 Å². The summed E-state index contributed by atoms with van der Waals surface area (Å²) in [4.78, 5) is 1.25. The Morgan fingerprint density at radius 1 is 1.20 bits per heavy atom. The van der Waals surface area contributed by atoms with Gasteiger partial charge in [0.05, 0.1) is 0 Å². The maximum Gasteiger partial charge on any atom is 0.127 e. The number of benzene rings is 2. The second-order valence-electron chi connectivity index (χ2n) is 4.61. The first-order chi connectivity index (χ1) is 9.60. The third-order valence-corrected chi connectivity index (χ3v) is 4.46. The zero-order chi connectivity index (χ0) is 14.5. The average molecular weight is 354 g/mol. The van der Waals surface area contributed by atoms with E-state index < -0.39 is 0 Å². The van der Waals surface area contributed by atoms with E-state index in [1.807, 2.05) is 6.07 Å². The minimum atomic E-state index is -0.175. The van der Waals surface area contributed by atoms with E-state index in [9.17, 15) is 4.39 Å². The molecular formula is C16H17BrFNS. The van der Waals surface area contributed by atoms with Crippen molar-refractivity contribution in [1.82, 2.24) is 5.32 Å². The van der Waals surface area contributed by atoms with Crippen molar-refractivity contribution in [3.8, 4) is 0 Å². The lowest BCUT2D eigenvalue weighted by molar-refractivity contribution is 0.544. The van der Waals surface area contributed by atoms with Gasteiger partial charge in [0.1, 0.15) is 5.82 Å². The summed E-state index contributed by atoms with van der Waals surface area (Å²) in [5, 5.41) is 3.35. The van der Waals surface area contributed by atoms with Gasteiger partial charge in [0.25, 0.3) is 0 Å². The molecule has 0 bridgehead atoms. The molecule has 0 aliphatic heterocycles. The average Bonchev–Trinajstić information content (AvgIpc) is 2.48. The third-order valence-electron chi connectivity index (χ3n) is 3.22. The van der Waals surface area contributed by atoms with Gasteiger partial charge < -0.3 is 5.32 Å². The number of rotatable bonds is 5. The molecule has 0 heterocycles. The molecule has 0 spiro atoms. The molecule has 2 aromatic rings. The topological polar surface area (TPSA) is 12.0 Å². The first-order valence-corrected chi connectivity index (χ1v) is 8.43. The van der Waals surface area contributed by atoms with Crippen molar-refractivity contribution in [2.45, 2.75) is 24.4 Å². The molecule has 0 aromatic heterocycles. The van der Waals surface area contributed by atoms with Crippen LogP contribution in [0.25, 0.3) is 0 Å². The van der Waals surface area contributed by atoms with Gasteiger partial charge in [-0.1, -0.05) is 28.1 Å². The van der Waals surface area contributed by atoms with Gasteiger partial charge in [0.2, 0.25) is 0 Å². The van der Waals surface area contributed by atoms with E-state index in [0.717, 1.165) is 4.47 Å². The molecule has 0 amide bonds. The highest BCUT2D eigenvalue weighted by Crippen LogP contribution is 2.20. The summed E-state index contributed by atoms with van der Waals surface area (Å²) >= 11 is 5.10.